The molecule has 1 aromatic heterocycles. The van der Waals surface area contributed by atoms with E-state index < -0.39 is 0 Å². The zero-order valence-corrected chi connectivity index (χ0v) is 16.0. The molecule has 1 aromatic rings. The van der Waals surface area contributed by atoms with Crippen LogP contribution >= 0.6 is 11.3 Å². The van der Waals surface area contributed by atoms with Gasteiger partial charge in [-0.05, 0) is 13.8 Å². The third-order valence-corrected chi connectivity index (χ3v) is 4.32. The summed E-state index contributed by atoms with van der Waals surface area (Å²) in [4.78, 5) is 18.8. The predicted octanol–water partition coefficient (Wildman–Crippen LogP) is 2.84. The van der Waals surface area contributed by atoms with Gasteiger partial charge in [-0.3, -0.25) is 9.69 Å². The number of nitrogens with one attached hydrogen (secondary N) is 1. The summed E-state index contributed by atoms with van der Waals surface area (Å²) in [5.41, 5.74) is 0. The summed E-state index contributed by atoms with van der Waals surface area (Å²) >= 11 is 1.20. The fourth-order valence-electron chi connectivity index (χ4n) is 2.00. The van der Waals surface area contributed by atoms with E-state index in [1.165, 1.54) is 17.5 Å². The van der Waals surface area contributed by atoms with E-state index in [9.17, 15) is 4.79 Å². The Hall–Kier alpha value is -2.04. The Kier molecular flexibility index (Phi) is 7.29. The zero-order valence-electron chi connectivity index (χ0n) is 15.2. The normalized spacial score (nSPS) is 16.0. The average molecular weight is 363 g/mol. The third-order valence-electron chi connectivity index (χ3n) is 3.43. The second kappa shape index (κ2) is 9.44. The Morgan fingerprint density at radius 3 is 3.00 bits per heavy atom. The molecule has 0 aliphatic carbocycles. The Bertz CT molecular complexity index is 671. The molecule has 0 bridgehead atoms. The average Bonchev–Trinajstić information content (AvgIpc) is 3.21. The lowest BCUT2D eigenvalue weighted by Gasteiger charge is -2.15. The van der Waals surface area contributed by atoms with E-state index in [1.54, 1.807) is 6.26 Å². The molecule has 2 heterocycles. The van der Waals surface area contributed by atoms with Crippen LogP contribution in [0.2, 0.25) is 0 Å². The molecule has 0 radical (unpaired) electrons. The lowest BCUT2D eigenvalue weighted by molar-refractivity contribution is 0.0958. The predicted molar refractivity (Wildman–Crippen MR) is 98.2 cm³/mol. The van der Waals surface area contributed by atoms with E-state index in [0.29, 0.717) is 48.3 Å². The van der Waals surface area contributed by atoms with Gasteiger partial charge in [-0.15, -0.1) is 11.8 Å². The van der Waals surface area contributed by atoms with Crippen molar-refractivity contribution in [2.75, 3.05) is 19.8 Å². The lowest BCUT2D eigenvalue weighted by Crippen LogP contribution is -2.27. The highest BCUT2D eigenvalue weighted by Crippen LogP contribution is 2.22. The Morgan fingerprint density at radius 2 is 2.32 bits per heavy atom. The van der Waals surface area contributed by atoms with E-state index in [0.717, 1.165) is 5.76 Å². The van der Waals surface area contributed by atoms with Crippen molar-refractivity contribution < 1.29 is 14.3 Å². The van der Waals surface area contributed by atoms with Gasteiger partial charge in [0.2, 0.25) is 0 Å². The van der Waals surface area contributed by atoms with Crippen LogP contribution in [0.1, 0.15) is 43.8 Å². The Morgan fingerprint density at radius 1 is 1.52 bits per heavy atom. The van der Waals surface area contributed by atoms with Crippen LogP contribution in [-0.2, 0) is 4.74 Å². The fourth-order valence-corrected chi connectivity index (χ4v) is 2.66. The topological polar surface area (TPSA) is 63.7 Å². The van der Waals surface area contributed by atoms with Crippen molar-refractivity contribution in [3.8, 4) is 17.0 Å². The summed E-state index contributed by atoms with van der Waals surface area (Å²) in [6, 6.07) is 0.422. The molecule has 0 saturated carbocycles. The van der Waals surface area contributed by atoms with Crippen molar-refractivity contribution in [2.24, 2.45) is 5.92 Å². The van der Waals surface area contributed by atoms with Gasteiger partial charge in [0, 0.05) is 24.9 Å². The third kappa shape index (κ3) is 6.40. The Labute approximate surface area is 153 Å². The van der Waals surface area contributed by atoms with Gasteiger partial charge < -0.3 is 14.8 Å². The maximum Gasteiger partial charge on any atom is 0.278 e. The largest absolute Gasteiger partial charge is 0.478 e. The molecule has 25 heavy (non-hydrogen) atoms. The molecule has 1 aliphatic heterocycles. The molecule has 0 aromatic carbocycles. The number of hydrogen-bond acceptors (Lipinski definition) is 6. The molecular formula is C18H25N3O3S. The molecule has 1 N–H and O–H groups in total. The van der Waals surface area contributed by atoms with Crippen molar-refractivity contribution in [2.45, 2.75) is 40.2 Å². The number of carbonyl (C=O) groups is 1. The second-order valence-corrected chi connectivity index (χ2v) is 7.28. The SMILES string of the molecule is CC(C)C#CCCNC(=O)c1cnc(OC=C2CN(C(C)C)CO2)s1. The molecule has 0 unspecified atom stereocenters. The molecule has 1 fully saturated rings. The molecule has 7 heteroatoms. The van der Waals surface area contributed by atoms with Crippen molar-refractivity contribution in [1.82, 2.24) is 15.2 Å². The monoisotopic (exact) mass is 363 g/mol. The van der Waals surface area contributed by atoms with E-state index in [1.807, 2.05) is 13.8 Å². The summed E-state index contributed by atoms with van der Waals surface area (Å²) in [5, 5.41) is 3.25. The molecule has 6 nitrogen and oxygen atoms in total. The summed E-state index contributed by atoms with van der Waals surface area (Å²) in [5.74, 6) is 7.05. The summed E-state index contributed by atoms with van der Waals surface area (Å²) < 4.78 is 11.1. The minimum absolute atomic E-state index is 0.158. The molecule has 1 aliphatic rings. The lowest BCUT2D eigenvalue weighted by atomic mass is 10.2. The number of ether oxygens (including phenoxy) is 2. The van der Waals surface area contributed by atoms with E-state index in [2.05, 4.69) is 40.9 Å². The van der Waals surface area contributed by atoms with Gasteiger partial charge >= 0.3 is 0 Å². The highest BCUT2D eigenvalue weighted by atomic mass is 32.1. The highest BCUT2D eigenvalue weighted by molar-refractivity contribution is 7.15. The van der Waals surface area contributed by atoms with Crippen molar-refractivity contribution in [3.05, 3.63) is 23.1 Å². The number of aromatic nitrogens is 1. The van der Waals surface area contributed by atoms with Crippen LogP contribution < -0.4 is 10.1 Å². The number of amides is 1. The number of nitrogens with zero attached hydrogens (tertiary/aromatic N) is 2. The van der Waals surface area contributed by atoms with Crippen molar-refractivity contribution >= 4 is 17.2 Å². The fraction of sp³-hybridized carbons (Fsp3) is 0.556. The van der Waals surface area contributed by atoms with Gasteiger partial charge in [0.25, 0.3) is 11.1 Å². The molecular weight excluding hydrogens is 338 g/mol. The van der Waals surface area contributed by atoms with Crippen LogP contribution in [0.5, 0.6) is 5.19 Å². The van der Waals surface area contributed by atoms with Crippen LogP contribution in [0, 0.1) is 17.8 Å². The first-order chi connectivity index (χ1) is 12.0. The van der Waals surface area contributed by atoms with Gasteiger partial charge in [-0.25, -0.2) is 4.98 Å². The first-order valence-corrected chi connectivity index (χ1v) is 9.22. The quantitative estimate of drug-likeness (QED) is 0.478. The highest BCUT2D eigenvalue weighted by Gasteiger charge is 2.20. The van der Waals surface area contributed by atoms with E-state index in [4.69, 9.17) is 9.47 Å². The zero-order chi connectivity index (χ0) is 18.2. The van der Waals surface area contributed by atoms with Crippen LogP contribution in [0.3, 0.4) is 0 Å². The first-order valence-electron chi connectivity index (χ1n) is 8.40. The van der Waals surface area contributed by atoms with Crippen molar-refractivity contribution in [3.63, 3.8) is 0 Å². The second-order valence-electron chi connectivity index (χ2n) is 6.29. The minimum Gasteiger partial charge on any atom is -0.478 e. The van der Waals surface area contributed by atoms with Gasteiger partial charge in [-0.1, -0.05) is 25.2 Å². The van der Waals surface area contributed by atoms with Crippen LogP contribution in [0.4, 0.5) is 0 Å². The number of thiazole rings is 1. The molecule has 2 rings (SSSR count). The number of carbonyl (C=O) groups excluding carboxylic acids is 1. The summed E-state index contributed by atoms with van der Waals surface area (Å²) in [6.07, 6.45) is 3.72. The molecule has 0 spiro atoms. The van der Waals surface area contributed by atoms with E-state index in [-0.39, 0.29) is 5.91 Å². The standard InChI is InChI=1S/C18H25N3O3S/c1-13(2)7-5-6-8-19-17(22)16-9-20-18(25-16)23-11-15-10-21(12-24-15)14(3)4/h9,11,13-14H,6,8,10,12H2,1-4H3,(H,19,22). The van der Waals surface area contributed by atoms with Gasteiger partial charge in [0.05, 0.1) is 12.7 Å². The van der Waals surface area contributed by atoms with Crippen LogP contribution in [-0.4, -0.2) is 41.7 Å². The van der Waals surface area contributed by atoms with Crippen LogP contribution in [0.15, 0.2) is 18.2 Å². The van der Waals surface area contributed by atoms with Crippen molar-refractivity contribution in [1.29, 1.82) is 0 Å². The van der Waals surface area contributed by atoms with Gasteiger partial charge in [0.15, 0.2) is 0 Å². The van der Waals surface area contributed by atoms with Gasteiger partial charge in [-0.2, -0.15) is 0 Å². The minimum atomic E-state index is -0.158. The molecule has 1 amide bonds. The first kappa shape index (κ1) is 19.3. The molecule has 136 valence electrons. The van der Waals surface area contributed by atoms with Gasteiger partial charge in [0.1, 0.15) is 23.6 Å². The maximum absolute atomic E-state index is 12.0. The molecule has 1 saturated heterocycles. The smallest absolute Gasteiger partial charge is 0.278 e. The molecule has 0 atom stereocenters. The van der Waals surface area contributed by atoms with Crippen LogP contribution in [0.25, 0.3) is 0 Å². The Balaban J connectivity index is 1.78. The maximum atomic E-state index is 12.0. The number of hydrogen-bond donors (Lipinski definition) is 1. The summed E-state index contributed by atoms with van der Waals surface area (Å²) in [6.45, 7) is 10.1. The summed E-state index contributed by atoms with van der Waals surface area (Å²) in [7, 11) is 0. The number of rotatable bonds is 6. The van der Waals surface area contributed by atoms with E-state index >= 15 is 0 Å².